The largest absolute Gasteiger partial charge is 0.469 e. The molecule has 2 heteroatoms. The third-order valence-corrected chi connectivity index (χ3v) is 1.49. The maximum atomic E-state index is 11.3. The average molecular weight is 150 g/mol. The van der Waals surface area contributed by atoms with Crippen molar-refractivity contribution in [3.05, 3.63) is 35.8 Å². The van der Waals surface area contributed by atoms with Crippen LogP contribution in [0.2, 0.25) is 0 Å². The zero-order valence-corrected chi connectivity index (χ0v) is 6.68. The number of carbonyl (C=O) groups excluding carboxylic acids is 1. The Hall–Kier alpha value is -1.31. The van der Waals surface area contributed by atoms with Crippen molar-refractivity contribution in [3.63, 3.8) is 0 Å². The molecule has 0 aliphatic carbocycles. The minimum Gasteiger partial charge on any atom is -0.469 e. The number of hydrogen-bond donors (Lipinski definition) is 0. The van der Waals surface area contributed by atoms with Gasteiger partial charge in [-0.2, -0.15) is 0 Å². The second-order valence-electron chi connectivity index (χ2n) is 2.50. The molecule has 0 aliphatic heterocycles. The number of carbonyl (C=O) groups is 1. The summed E-state index contributed by atoms with van der Waals surface area (Å²) in [7, 11) is 0. The van der Waals surface area contributed by atoms with Crippen LogP contribution in [0.5, 0.6) is 0 Å². The highest BCUT2D eigenvalue weighted by atomic mass is 16.3. The van der Waals surface area contributed by atoms with E-state index in [1.165, 1.54) is 6.26 Å². The van der Waals surface area contributed by atoms with Crippen molar-refractivity contribution >= 4 is 5.78 Å². The van der Waals surface area contributed by atoms with Gasteiger partial charge in [-0.05, 0) is 25.5 Å². The van der Waals surface area contributed by atoms with E-state index in [1.54, 1.807) is 19.9 Å². The van der Waals surface area contributed by atoms with Gasteiger partial charge in [0.1, 0.15) is 5.76 Å². The fourth-order valence-corrected chi connectivity index (χ4v) is 0.850. The van der Waals surface area contributed by atoms with Crippen molar-refractivity contribution in [1.29, 1.82) is 0 Å². The summed E-state index contributed by atoms with van der Waals surface area (Å²) in [5.41, 5.74) is 1.15. The summed E-state index contributed by atoms with van der Waals surface area (Å²) in [6, 6.07) is 1.66. The zero-order valence-electron chi connectivity index (χ0n) is 6.68. The van der Waals surface area contributed by atoms with Crippen LogP contribution < -0.4 is 0 Å². The van der Waals surface area contributed by atoms with Gasteiger partial charge in [-0.15, -0.1) is 0 Å². The molecule has 0 unspecified atom stereocenters. The minimum atomic E-state index is -0.0451. The van der Waals surface area contributed by atoms with Gasteiger partial charge in [-0.3, -0.25) is 4.79 Å². The monoisotopic (exact) mass is 150 g/mol. The molecule has 11 heavy (non-hydrogen) atoms. The molecule has 1 heterocycles. The molecule has 0 N–H and O–H groups in total. The summed E-state index contributed by atoms with van der Waals surface area (Å²) >= 11 is 0. The third kappa shape index (κ3) is 1.40. The Balaban J connectivity index is 3.02. The lowest BCUT2D eigenvalue weighted by Crippen LogP contribution is -1.98. The van der Waals surface area contributed by atoms with Crippen LogP contribution in [0.25, 0.3) is 0 Å². The maximum absolute atomic E-state index is 11.3. The van der Waals surface area contributed by atoms with Gasteiger partial charge in [0, 0.05) is 0 Å². The SMILES string of the molecule is C=C(C)C(=O)c1ccoc1C. The Morgan fingerprint density at radius 3 is 2.64 bits per heavy atom. The number of hydrogen-bond acceptors (Lipinski definition) is 2. The first kappa shape index (κ1) is 7.79. The summed E-state index contributed by atoms with van der Waals surface area (Å²) in [4.78, 5) is 11.3. The Morgan fingerprint density at radius 1 is 1.64 bits per heavy atom. The second kappa shape index (κ2) is 2.74. The van der Waals surface area contributed by atoms with Gasteiger partial charge in [0.15, 0.2) is 5.78 Å². The van der Waals surface area contributed by atoms with E-state index >= 15 is 0 Å². The molecule has 0 atom stereocenters. The van der Waals surface area contributed by atoms with Crippen LogP contribution in [0, 0.1) is 6.92 Å². The molecule has 0 aliphatic rings. The summed E-state index contributed by atoms with van der Waals surface area (Å²) in [5, 5.41) is 0. The molecular formula is C9H10O2. The van der Waals surface area contributed by atoms with Gasteiger partial charge in [0.05, 0.1) is 11.8 Å². The molecule has 0 bridgehead atoms. The predicted molar refractivity (Wildman–Crippen MR) is 42.6 cm³/mol. The molecule has 0 radical (unpaired) electrons. The summed E-state index contributed by atoms with van der Waals surface area (Å²) < 4.78 is 4.97. The minimum absolute atomic E-state index is 0.0451. The maximum Gasteiger partial charge on any atom is 0.191 e. The molecule has 1 aromatic rings. The number of Topliss-reactive ketones (excluding diaryl/α,β-unsaturated/α-hetero) is 1. The number of rotatable bonds is 2. The number of ketones is 1. The van der Waals surface area contributed by atoms with E-state index in [4.69, 9.17) is 4.42 Å². The van der Waals surface area contributed by atoms with E-state index in [2.05, 4.69) is 6.58 Å². The van der Waals surface area contributed by atoms with Crippen LogP contribution in [-0.2, 0) is 0 Å². The highest BCUT2D eigenvalue weighted by Gasteiger charge is 2.10. The standard InChI is InChI=1S/C9H10O2/c1-6(2)9(10)8-4-5-11-7(8)3/h4-5H,1H2,2-3H3. The fourth-order valence-electron chi connectivity index (χ4n) is 0.850. The fraction of sp³-hybridized carbons (Fsp3) is 0.222. The molecule has 1 rings (SSSR count). The average Bonchev–Trinajstić information content (AvgIpc) is 2.33. The van der Waals surface area contributed by atoms with Crippen molar-refractivity contribution in [2.45, 2.75) is 13.8 Å². The lowest BCUT2D eigenvalue weighted by molar-refractivity contribution is 0.103. The highest BCUT2D eigenvalue weighted by Crippen LogP contribution is 2.12. The summed E-state index contributed by atoms with van der Waals surface area (Å²) in [6.45, 7) is 7.01. The Bertz CT molecular complexity index is 294. The molecule has 0 fully saturated rings. The molecule has 0 spiro atoms. The third-order valence-electron chi connectivity index (χ3n) is 1.49. The van der Waals surface area contributed by atoms with Crippen molar-refractivity contribution in [3.8, 4) is 0 Å². The van der Waals surface area contributed by atoms with Gasteiger partial charge in [0.2, 0.25) is 0 Å². The van der Waals surface area contributed by atoms with Crippen LogP contribution >= 0.6 is 0 Å². The normalized spacial score (nSPS) is 9.64. The molecule has 58 valence electrons. The van der Waals surface area contributed by atoms with Crippen LogP contribution in [0.15, 0.2) is 28.9 Å². The van der Waals surface area contributed by atoms with Crippen LogP contribution in [0.1, 0.15) is 23.0 Å². The highest BCUT2D eigenvalue weighted by molar-refractivity contribution is 6.08. The molecule has 2 nitrogen and oxygen atoms in total. The topological polar surface area (TPSA) is 30.2 Å². The first-order valence-corrected chi connectivity index (χ1v) is 3.37. The van der Waals surface area contributed by atoms with E-state index in [1.807, 2.05) is 0 Å². The molecule has 0 amide bonds. The van der Waals surface area contributed by atoms with Crippen LogP contribution in [-0.4, -0.2) is 5.78 Å². The van der Waals surface area contributed by atoms with E-state index in [0.717, 1.165) is 0 Å². The molecule has 0 saturated carbocycles. The smallest absolute Gasteiger partial charge is 0.191 e. The Labute approximate surface area is 65.5 Å². The van der Waals surface area contributed by atoms with Gasteiger partial charge in [0.25, 0.3) is 0 Å². The number of furan rings is 1. The Kier molecular flexibility index (Phi) is 1.94. The molecule has 1 aromatic heterocycles. The van der Waals surface area contributed by atoms with Crippen molar-refractivity contribution in [1.82, 2.24) is 0 Å². The first-order chi connectivity index (χ1) is 5.13. The molecule has 0 saturated heterocycles. The number of allylic oxidation sites excluding steroid dienone is 1. The van der Waals surface area contributed by atoms with Gasteiger partial charge in [-0.1, -0.05) is 6.58 Å². The van der Waals surface area contributed by atoms with Gasteiger partial charge >= 0.3 is 0 Å². The second-order valence-corrected chi connectivity index (χ2v) is 2.50. The lowest BCUT2D eigenvalue weighted by Gasteiger charge is -1.94. The van der Waals surface area contributed by atoms with E-state index in [-0.39, 0.29) is 5.78 Å². The first-order valence-electron chi connectivity index (χ1n) is 3.37. The summed E-state index contributed by atoms with van der Waals surface area (Å²) in [5.74, 6) is 0.606. The molecule has 0 aromatic carbocycles. The Morgan fingerprint density at radius 2 is 2.27 bits per heavy atom. The lowest BCUT2D eigenvalue weighted by atomic mass is 10.1. The van der Waals surface area contributed by atoms with Crippen LogP contribution in [0.3, 0.4) is 0 Å². The van der Waals surface area contributed by atoms with Crippen LogP contribution in [0.4, 0.5) is 0 Å². The van der Waals surface area contributed by atoms with Gasteiger partial charge in [-0.25, -0.2) is 0 Å². The number of aryl methyl sites for hydroxylation is 1. The van der Waals surface area contributed by atoms with Gasteiger partial charge < -0.3 is 4.42 Å². The summed E-state index contributed by atoms with van der Waals surface area (Å²) in [6.07, 6.45) is 1.51. The van der Waals surface area contributed by atoms with Crippen molar-refractivity contribution in [2.75, 3.05) is 0 Å². The quantitative estimate of drug-likeness (QED) is 0.478. The van der Waals surface area contributed by atoms with E-state index < -0.39 is 0 Å². The molecular weight excluding hydrogens is 140 g/mol. The zero-order chi connectivity index (χ0) is 8.43. The van der Waals surface area contributed by atoms with E-state index in [0.29, 0.717) is 16.9 Å². The van der Waals surface area contributed by atoms with E-state index in [9.17, 15) is 4.79 Å². The van der Waals surface area contributed by atoms with Crippen molar-refractivity contribution in [2.24, 2.45) is 0 Å². The van der Waals surface area contributed by atoms with Crippen molar-refractivity contribution < 1.29 is 9.21 Å². The predicted octanol–water partition coefficient (Wildman–Crippen LogP) is 2.35.